The van der Waals surface area contributed by atoms with Crippen molar-refractivity contribution in [3.8, 4) is 17.2 Å². The van der Waals surface area contributed by atoms with Gasteiger partial charge < -0.3 is 24.8 Å². The second kappa shape index (κ2) is 12.7. The fourth-order valence-electron chi connectivity index (χ4n) is 2.75. The SMILES string of the molecule is CCc1cc(OC)cc(OC)c1.CNc1cnccc1OCc1cccc(NC=O)c1. The Labute approximate surface area is 183 Å². The largest absolute Gasteiger partial charge is 0.497 e. The summed E-state index contributed by atoms with van der Waals surface area (Å²) in [6.07, 6.45) is 5.04. The molecule has 0 bridgehead atoms. The summed E-state index contributed by atoms with van der Waals surface area (Å²) < 4.78 is 16.0. The highest BCUT2D eigenvalue weighted by Crippen LogP contribution is 2.23. The molecule has 3 rings (SSSR count). The predicted octanol–water partition coefficient (Wildman–Crippen LogP) is 4.54. The Hall–Kier alpha value is -3.74. The van der Waals surface area contributed by atoms with Gasteiger partial charge in [0, 0.05) is 31.1 Å². The molecule has 7 heteroatoms. The molecule has 0 spiro atoms. The summed E-state index contributed by atoms with van der Waals surface area (Å²) in [5.41, 5.74) is 3.79. The first-order valence-corrected chi connectivity index (χ1v) is 9.89. The highest BCUT2D eigenvalue weighted by molar-refractivity contribution is 5.71. The van der Waals surface area contributed by atoms with Crippen LogP contribution in [0.25, 0.3) is 0 Å². The first-order valence-electron chi connectivity index (χ1n) is 9.89. The van der Waals surface area contributed by atoms with Gasteiger partial charge in [0.2, 0.25) is 6.41 Å². The van der Waals surface area contributed by atoms with Crippen LogP contribution in [-0.2, 0) is 17.8 Å². The minimum absolute atomic E-state index is 0.424. The van der Waals surface area contributed by atoms with Crippen molar-refractivity contribution in [3.05, 3.63) is 72.1 Å². The average molecular weight is 424 g/mol. The highest BCUT2D eigenvalue weighted by Gasteiger charge is 2.02. The van der Waals surface area contributed by atoms with Crippen LogP contribution in [0.2, 0.25) is 0 Å². The number of pyridine rings is 1. The van der Waals surface area contributed by atoms with Crippen molar-refractivity contribution in [2.75, 3.05) is 31.9 Å². The third-order valence-electron chi connectivity index (χ3n) is 4.42. The Balaban J connectivity index is 0.000000245. The summed E-state index contributed by atoms with van der Waals surface area (Å²) >= 11 is 0. The van der Waals surface area contributed by atoms with Crippen molar-refractivity contribution in [2.24, 2.45) is 0 Å². The molecule has 1 aromatic heterocycles. The van der Waals surface area contributed by atoms with Crippen LogP contribution < -0.4 is 24.8 Å². The van der Waals surface area contributed by atoms with E-state index in [4.69, 9.17) is 14.2 Å². The lowest BCUT2D eigenvalue weighted by Gasteiger charge is -2.11. The van der Waals surface area contributed by atoms with Crippen molar-refractivity contribution < 1.29 is 19.0 Å². The van der Waals surface area contributed by atoms with Gasteiger partial charge in [0.25, 0.3) is 0 Å². The van der Waals surface area contributed by atoms with Crippen molar-refractivity contribution in [3.63, 3.8) is 0 Å². The molecular formula is C24H29N3O4. The van der Waals surface area contributed by atoms with Crippen molar-refractivity contribution in [1.82, 2.24) is 4.98 Å². The number of hydrogen-bond donors (Lipinski definition) is 2. The Morgan fingerprint density at radius 3 is 2.35 bits per heavy atom. The number of carbonyl (C=O) groups is 1. The smallest absolute Gasteiger partial charge is 0.211 e. The molecular weight excluding hydrogens is 394 g/mol. The molecule has 0 aliphatic rings. The molecule has 0 fully saturated rings. The summed E-state index contributed by atoms with van der Waals surface area (Å²) in [5, 5.41) is 5.63. The molecule has 0 atom stereocenters. The molecule has 2 N–H and O–H groups in total. The molecule has 1 heterocycles. The quantitative estimate of drug-likeness (QED) is 0.492. The summed E-state index contributed by atoms with van der Waals surface area (Å²) in [5.74, 6) is 2.45. The monoisotopic (exact) mass is 423 g/mol. The van der Waals surface area contributed by atoms with E-state index in [9.17, 15) is 4.79 Å². The van der Waals surface area contributed by atoms with Crippen LogP contribution in [0.4, 0.5) is 11.4 Å². The number of aromatic nitrogens is 1. The van der Waals surface area contributed by atoms with Crippen LogP contribution >= 0.6 is 0 Å². The third-order valence-corrected chi connectivity index (χ3v) is 4.42. The Kier molecular flexibility index (Phi) is 9.68. The fourth-order valence-corrected chi connectivity index (χ4v) is 2.75. The van der Waals surface area contributed by atoms with Crippen molar-refractivity contribution >= 4 is 17.8 Å². The number of ether oxygens (including phenoxy) is 3. The van der Waals surface area contributed by atoms with E-state index in [-0.39, 0.29) is 0 Å². The second-order valence-corrected chi connectivity index (χ2v) is 6.45. The lowest BCUT2D eigenvalue weighted by Crippen LogP contribution is -2.00. The third kappa shape index (κ3) is 7.54. The van der Waals surface area contributed by atoms with E-state index in [0.717, 1.165) is 40.6 Å². The van der Waals surface area contributed by atoms with Crippen LogP contribution in [0.1, 0.15) is 18.1 Å². The van der Waals surface area contributed by atoms with Crippen LogP contribution in [0.15, 0.2) is 60.9 Å². The Bertz CT molecular complexity index is 908. The van der Waals surface area contributed by atoms with Crippen molar-refractivity contribution in [1.29, 1.82) is 0 Å². The van der Waals surface area contributed by atoms with Crippen LogP contribution in [0.5, 0.6) is 17.2 Å². The molecule has 3 aromatic rings. The van der Waals surface area contributed by atoms with Gasteiger partial charge in [-0.3, -0.25) is 9.78 Å². The molecule has 31 heavy (non-hydrogen) atoms. The summed E-state index contributed by atoms with van der Waals surface area (Å²) in [6, 6.07) is 15.2. The Morgan fingerprint density at radius 1 is 1.00 bits per heavy atom. The number of rotatable bonds is 9. The lowest BCUT2D eigenvalue weighted by molar-refractivity contribution is -0.105. The standard InChI is InChI=1S/C14H15N3O2.C10H14O2/c1-15-13-8-16-6-5-14(13)19-9-11-3-2-4-12(7-11)17-10-18;1-4-8-5-9(11-2)7-10(6-8)12-3/h2-8,10,15H,9H2,1H3,(H,17,18);5-7H,4H2,1-3H3. The van der Waals surface area contributed by atoms with Gasteiger partial charge in [-0.15, -0.1) is 0 Å². The molecule has 0 unspecified atom stereocenters. The summed E-state index contributed by atoms with van der Waals surface area (Å²) in [6.45, 7) is 2.53. The first-order chi connectivity index (χ1) is 15.1. The van der Waals surface area contributed by atoms with E-state index in [2.05, 4.69) is 22.5 Å². The minimum Gasteiger partial charge on any atom is -0.497 e. The van der Waals surface area contributed by atoms with Gasteiger partial charge in [0.05, 0.1) is 26.1 Å². The molecule has 7 nitrogen and oxygen atoms in total. The fraction of sp³-hybridized carbons (Fsp3) is 0.250. The number of carbonyl (C=O) groups excluding carboxylic acids is 1. The number of hydrogen-bond acceptors (Lipinski definition) is 6. The Morgan fingerprint density at radius 2 is 1.74 bits per heavy atom. The zero-order chi connectivity index (χ0) is 22.5. The normalized spacial score (nSPS) is 9.68. The van der Waals surface area contributed by atoms with E-state index in [1.807, 2.05) is 49.5 Å². The van der Waals surface area contributed by atoms with Gasteiger partial charge in [-0.25, -0.2) is 0 Å². The number of methoxy groups -OCH3 is 2. The number of nitrogens with zero attached hydrogens (tertiary/aromatic N) is 1. The molecule has 1 amide bonds. The number of nitrogens with one attached hydrogen (secondary N) is 2. The maximum absolute atomic E-state index is 10.4. The second-order valence-electron chi connectivity index (χ2n) is 6.45. The minimum atomic E-state index is 0.424. The molecule has 164 valence electrons. The predicted molar refractivity (Wildman–Crippen MR) is 123 cm³/mol. The zero-order valence-electron chi connectivity index (χ0n) is 18.3. The maximum atomic E-state index is 10.4. The van der Waals surface area contributed by atoms with Gasteiger partial charge in [0.1, 0.15) is 23.9 Å². The van der Waals surface area contributed by atoms with Crippen LogP contribution in [0.3, 0.4) is 0 Å². The summed E-state index contributed by atoms with van der Waals surface area (Å²) in [7, 11) is 5.14. The summed E-state index contributed by atoms with van der Waals surface area (Å²) in [4.78, 5) is 14.4. The van der Waals surface area contributed by atoms with E-state index in [1.165, 1.54) is 5.56 Å². The van der Waals surface area contributed by atoms with Gasteiger partial charge in [-0.1, -0.05) is 19.1 Å². The molecule has 0 aliphatic heterocycles. The average Bonchev–Trinajstić information content (AvgIpc) is 2.83. The first kappa shape index (κ1) is 23.5. The number of aryl methyl sites for hydroxylation is 1. The van der Waals surface area contributed by atoms with Gasteiger partial charge in [-0.2, -0.15) is 0 Å². The highest BCUT2D eigenvalue weighted by atomic mass is 16.5. The van der Waals surface area contributed by atoms with E-state index in [0.29, 0.717) is 13.0 Å². The van der Waals surface area contributed by atoms with E-state index in [1.54, 1.807) is 32.7 Å². The number of anilines is 2. The van der Waals surface area contributed by atoms with Gasteiger partial charge in [0.15, 0.2) is 0 Å². The molecule has 0 saturated heterocycles. The molecule has 2 aromatic carbocycles. The van der Waals surface area contributed by atoms with Crippen molar-refractivity contribution in [2.45, 2.75) is 20.0 Å². The topological polar surface area (TPSA) is 81.7 Å². The van der Waals surface area contributed by atoms with Crippen LogP contribution in [-0.4, -0.2) is 32.7 Å². The zero-order valence-corrected chi connectivity index (χ0v) is 18.3. The number of benzene rings is 2. The molecule has 0 aliphatic carbocycles. The van der Waals surface area contributed by atoms with E-state index < -0.39 is 0 Å². The maximum Gasteiger partial charge on any atom is 0.211 e. The van der Waals surface area contributed by atoms with E-state index >= 15 is 0 Å². The molecule has 0 saturated carbocycles. The van der Waals surface area contributed by atoms with Gasteiger partial charge >= 0.3 is 0 Å². The van der Waals surface area contributed by atoms with Crippen LogP contribution in [0, 0.1) is 0 Å². The lowest BCUT2D eigenvalue weighted by atomic mass is 10.1. The number of amides is 1. The molecule has 0 radical (unpaired) electrons. The van der Waals surface area contributed by atoms with Gasteiger partial charge in [-0.05, 0) is 41.8 Å².